The molecule has 1 saturated heterocycles. The predicted octanol–water partition coefficient (Wildman–Crippen LogP) is 3.49. The molecule has 7 nitrogen and oxygen atoms in total. The Morgan fingerprint density at radius 2 is 1.88 bits per heavy atom. The third kappa shape index (κ3) is 6.69. The Morgan fingerprint density at radius 3 is 2.55 bits per heavy atom. The standard InChI is InChI=1S/C25H30N2O5S/c1-3-17-32-23-11-9-20(18-24(23)31-2)10-12-25(28)26-19-21-13-15-27(16-14-21)33(29,30)22-7-5-4-6-8-22/h3-12,18,21H,1,13-17,19H2,2H3,(H,26,28)/b12-10+. The van der Waals surface area contributed by atoms with Crippen molar-refractivity contribution in [2.45, 2.75) is 17.7 Å². The van der Waals surface area contributed by atoms with Crippen molar-refractivity contribution in [3.8, 4) is 11.5 Å². The summed E-state index contributed by atoms with van der Waals surface area (Å²) in [5, 5.41) is 2.92. The van der Waals surface area contributed by atoms with Gasteiger partial charge in [-0.05, 0) is 54.7 Å². The van der Waals surface area contributed by atoms with E-state index in [0.29, 0.717) is 55.5 Å². The maximum Gasteiger partial charge on any atom is 0.244 e. The number of nitrogens with zero attached hydrogens (tertiary/aromatic N) is 1. The molecule has 0 radical (unpaired) electrons. The summed E-state index contributed by atoms with van der Waals surface area (Å²) in [5.74, 6) is 1.24. The number of hydrogen-bond acceptors (Lipinski definition) is 5. The molecule has 0 bridgehead atoms. The average molecular weight is 471 g/mol. The Kier molecular flexibility index (Phi) is 8.68. The molecule has 1 fully saturated rings. The lowest BCUT2D eigenvalue weighted by Crippen LogP contribution is -2.41. The van der Waals surface area contributed by atoms with Crippen LogP contribution in [0.5, 0.6) is 11.5 Å². The maximum absolute atomic E-state index is 12.7. The van der Waals surface area contributed by atoms with E-state index in [1.165, 1.54) is 10.4 Å². The molecular weight excluding hydrogens is 440 g/mol. The summed E-state index contributed by atoms with van der Waals surface area (Å²) in [5.41, 5.74) is 0.812. The Bertz CT molecular complexity index is 1080. The van der Waals surface area contributed by atoms with E-state index in [0.717, 1.165) is 5.56 Å². The first kappa shape index (κ1) is 24.5. The summed E-state index contributed by atoms with van der Waals surface area (Å²) >= 11 is 0. The fourth-order valence-corrected chi connectivity index (χ4v) is 5.12. The molecular formula is C25H30N2O5S. The third-order valence-corrected chi connectivity index (χ3v) is 7.40. The molecule has 2 aromatic carbocycles. The van der Waals surface area contributed by atoms with Gasteiger partial charge in [0.1, 0.15) is 6.61 Å². The van der Waals surface area contributed by atoms with Crippen molar-refractivity contribution in [1.29, 1.82) is 0 Å². The molecule has 1 N–H and O–H groups in total. The average Bonchev–Trinajstić information content (AvgIpc) is 2.85. The van der Waals surface area contributed by atoms with Crippen LogP contribution in [0.25, 0.3) is 6.08 Å². The summed E-state index contributed by atoms with van der Waals surface area (Å²) < 4.78 is 37.8. The number of sulfonamides is 1. The zero-order valence-corrected chi connectivity index (χ0v) is 19.6. The lowest BCUT2D eigenvalue weighted by Gasteiger charge is -2.31. The van der Waals surface area contributed by atoms with Crippen molar-refractivity contribution >= 4 is 22.0 Å². The molecule has 0 atom stereocenters. The number of rotatable bonds is 10. The fraction of sp³-hybridized carbons (Fsp3) is 0.320. The monoisotopic (exact) mass is 470 g/mol. The van der Waals surface area contributed by atoms with Gasteiger partial charge in [-0.3, -0.25) is 4.79 Å². The van der Waals surface area contributed by atoms with Gasteiger partial charge < -0.3 is 14.8 Å². The van der Waals surface area contributed by atoms with Crippen molar-refractivity contribution in [1.82, 2.24) is 9.62 Å². The molecule has 3 rings (SSSR count). The van der Waals surface area contributed by atoms with Crippen LogP contribution in [0.15, 0.2) is 72.2 Å². The van der Waals surface area contributed by atoms with E-state index >= 15 is 0 Å². The number of carbonyl (C=O) groups is 1. The van der Waals surface area contributed by atoms with Crippen LogP contribution in [-0.2, 0) is 14.8 Å². The SMILES string of the molecule is C=CCOc1ccc(/C=C/C(=O)NCC2CCN(S(=O)(=O)c3ccccc3)CC2)cc1OC. The van der Waals surface area contributed by atoms with Gasteiger partial charge in [-0.25, -0.2) is 8.42 Å². The number of ether oxygens (including phenoxy) is 2. The van der Waals surface area contributed by atoms with E-state index in [4.69, 9.17) is 9.47 Å². The molecule has 0 saturated carbocycles. The Balaban J connectivity index is 1.47. The Labute approximate surface area is 195 Å². The molecule has 8 heteroatoms. The topological polar surface area (TPSA) is 84.9 Å². The van der Waals surface area contributed by atoms with Crippen LogP contribution in [0.3, 0.4) is 0 Å². The largest absolute Gasteiger partial charge is 0.493 e. The first-order chi connectivity index (χ1) is 15.9. The van der Waals surface area contributed by atoms with Crippen LogP contribution in [0, 0.1) is 5.92 Å². The highest BCUT2D eigenvalue weighted by Crippen LogP contribution is 2.28. The number of benzene rings is 2. The van der Waals surface area contributed by atoms with Gasteiger partial charge in [-0.15, -0.1) is 0 Å². The van der Waals surface area contributed by atoms with Crippen molar-refractivity contribution in [3.63, 3.8) is 0 Å². The molecule has 0 spiro atoms. The van der Waals surface area contributed by atoms with E-state index in [-0.39, 0.29) is 11.8 Å². The summed E-state index contributed by atoms with van der Waals surface area (Å²) in [6.45, 7) is 5.42. The highest BCUT2D eigenvalue weighted by molar-refractivity contribution is 7.89. The lowest BCUT2D eigenvalue weighted by atomic mass is 9.98. The van der Waals surface area contributed by atoms with Crippen LogP contribution < -0.4 is 14.8 Å². The van der Waals surface area contributed by atoms with Crippen LogP contribution in [0.1, 0.15) is 18.4 Å². The fourth-order valence-electron chi connectivity index (χ4n) is 3.63. The molecule has 1 aliphatic heterocycles. The number of amides is 1. The molecule has 0 unspecified atom stereocenters. The maximum atomic E-state index is 12.7. The van der Waals surface area contributed by atoms with Gasteiger partial charge in [0.25, 0.3) is 0 Å². The highest BCUT2D eigenvalue weighted by atomic mass is 32.2. The van der Waals surface area contributed by atoms with Crippen molar-refractivity contribution in [2.75, 3.05) is 33.4 Å². The predicted molar refractivity (Wildman–Crippen MR) is 129 cm³/mol. The second-order valence-electron chi connectivity index (χ2n) is 7.75. The first-order valence-corrected chi connectivity index (χ1v) is 12.3. The molecule has 176 valence electrons. The van der Waals surface area contributed by atoms with Gasteiger partial charge in [0.05, 0.1) is 12.0 Å². The smallest absolute Gasteiger partial charge is 0.244 e. The van der Waals surface area contributed by atoms with Crippen molar-refractivity contribution in [3.05, 3.63) is 72.8 Å². The summed E-state index contributed by atoms with van der Waals surface area (Å²) in [7, 11) is -1.90. The van der Waals surface area contributed by atoms with Crippen molar-refractivity contribution in [2.24, 2.45) is 5.92 Å². The minimum absolute atomic E-state index is 0.194. The van der Waals surface area contributed by atoms with Crippen LogP contribution in [0.4, 0.5) is 0 Å². The van der Waals surface area contributed by atoms with Crippen LogP contribution in [0.2, 0.25) is 0 Å². The minimum atomic E-state index is -3.46. The van der Waals surface area contributed by atoms with E-state index in [9.17, 15) is 13.2 Å². The quantitative estimate of drug-likeness (QED) is 0.424. The summed E-state index contributed by atoms with van der Waals surface area (Å²) in [6, 6.07) is 13.9. The number of carbonyl (C=O) groups excluding carboxylic acids is 1. The van der Waals surface area contributed by atoms with E-state index in [1.54, 1.807) is 61.7 Å². The third-order valence-electron chi connectivity index (χ3n) is 5.49. The number of piperidine rings is 1. The van der Waals surface area contributed by atoms with E-state index in [1.807, 2.05) is 6.07 Å². The number of methoxy groups -OCH3 is 1. The molecule has 0 aliphatic carbocycles. The first-order valence-electron chi connectivity index (χ1n) is 10.9. The second kappa shape index (κ2) is 11.7. The molecule has 2 aromatic rings. The normalized spacial score (nSPS) is 15.3. The lowest BCUT2D eigenvalue weighted by molar-refractivity contribution is -0.116. The van der Waals surface area contributed by atoms with Gasteiger partial charge in [0.15, 0.2) is 11.5 Å². The van der Waals surface area contributed by atoms with Gasteiger partial charge in [0, 0.05) is 25.7 Å². The zero-order chi connectivity index (χ0) is 23.7. The van der Waals surface area contributed by atoms with Gasteiger partial charge >= 0.3 is 0 Å². The summed E-state index contributed by atoms with van der Waals surface area (Å²) in [4.78, 5) is 12.6. The molecule has 1 aliphatic rings. The summed E-state index contributed by atoms with van der Waals surface area (Å²) in [6.07, 6.45) is 6.26. The van der Waals surface area contributed by atoms with Gasteiger partial charge in [0.2, 0.25) is 15.9 Å². The van der Waals surface area contributed by atoms with Crippen molar-refractivity contribution < 1.29 is 22.7 Å². The second-order valence-corrected chi connectivity index (χ2v) is 9.69. The van der Waals surface area contributed by atoms with Crippen LogP contribution >= 0.6 is 0 Å². The van der Waals surface area contributed by atoms with Gasteiger partial charge in [-0.2, -0.15) is 4.31 Å². The number of hydrogen-bond donors (Lipinski definition) is 1. The Morgan fingerprint density at radius 1 is 1.15 bits per heavy atom. The minimum Gasteiger partial charge on any atom is -0.493 e. The number of nitrogens with one attached hydrogen (secondary N) is 1. The zero-order valence-electron chi connectivity index (χ0n) is 18.8. The molecule has 1 amide bonds. The van der Waals surface area contributed by atoms with Gasteiger partial charge in [-0.1, -0.05) is 36.9 Å². The van der Waals surface area contributed by atoms with E-state index < -0.39 is 10.0 Å². The molecule has 0 aromatic heterocycles. The van der Waals surface area contributed by atoms with E-state index in [2.05, 4.69) is 11.9 Å². The van der Waals surface area contributed by atoms with Crippen LogP contribution in [-0.4, -0.2) is 52.0 Å². The molecule has 1 heterocycles. The Hall–Kier alpha value is -3.10. The molecule has 33 heavy (non-hydrogen) atoms. The highest BCUT2D eigenvalue weighted by Gasteiger charge is 2.29.